The van der Waals surface area contributed by atoms with Crippen molar-refractivity contribution in [2.24, 2.45) is 0 Å². The van der Waals surface area contributed by atoms with Gasteiger partial charge in [0.25, 0.3) is 0 Å². The highest BCUT2D eigenvalue weighted by Gasteiger charge is 2.27. The molecule has 0 fully saturated rings. The molecule has 2 rings (SSSR count). The van der Waals surface area contributed by atoms with E-state index >= 15 is 0 Å². The van der Waals surface area contributed by atoms with Crippen LogP contribution in [0.1, 0.15) is 31.9 Å². The fourth-order valence-corrected chi connectivity index (χ4v) is 2.12. The van der Waals surface area contributed by atoms with Crippen LogP contribution < -0.4 is 5.73 Å². The van der Waals surface area contributed by atoms with Crippen molar-refractivity contribution in [1.29, 1.82) is 0 Å². The third-order valence-electron chi connectivity index (χ3n) is 2.96. The number of hydrogen-bond donors (Lipinski definition) is 1. The minimum absolute atomic E-state index is 0.232. The zero-order valence-electron chi connectivity index (χ0n) is 11.5. The SMILES string of the molecule is CC(C)(C)OC(=O)N1CCc2cc(N)cc(F)c2C1. The van der Waals surface area contributed by atoms with E-state index in [-0.39, 0.29) is 12.4 Å². The highest BCUT2D eigenvalue weighted by molar-refractivity contribution is 5.69. The summed E-state index contributed by atoms with van der Waals surface area (Å²) in [5, 5.41) is 0. The van der Waals surface area contributed by atoms with Crippen LogP contribution in [0.4, 0.5) is 14.9 Å². The molecule has 19 heavy (non-hydrogen) atoms. The van der Waals surface area contributed by atoms with Crippen molar-refractivity contribution < 1.29 is 13.9 Å². The van der Waals surface area contributed by atoms with Crippen LogP contribution in [0.2, 0.25) is 0 Å². The molecular formula is C14H19FN2O2. The molecule has 0 aliphatic carbocycles. The molecule has 0 saturated carbocycles. The van der Waals surface area contributed by atoms with Crippen molar-refractivity contribution in [2.75, 3.05) is 12.3 Å². The molecule has 0 saturated heterocycles. The van der Waals surface area contributed by atoms with Gasteiger partial charge in [-0.15, -0.1) is 0 Å². The first-order chi connectivity index (χ1) is 8.76. The Bertz CT molecular complexity index is 509. The van der Waals surface area contributed by atoms with E-state index < -0.39 is 11.7 Å². The molecule has 0 spiro atoms. The van der Waals surface area contributed by atoms with Crippen molar-refractivity contribution in [1.82, 2.24) is 4.90 Å². The molecule has 1 aromatic carbocycles. The Labute approximate surface area is 112 Å². The Morgan fingerprint density at radius 1 is 1.42 bits per heavy atom. The number of ether oxygens (including phenoxy) is 1. The molecule has 1 aromatic rings. The molecular weight excluding hydrogens is 247 g/mol. The number of hydrogen-bond acceptors (Lipinski definition) is 3. The van der Waals surface area contributed by atoms with Crippen molar-refractivity contribution >= 4 is 11.8 Å². The smallest absolute Gasteiger partial charge is 0.410 e. The Balaban J connectivity index is 2.16. The van der Waals surface area contributed by atoms with Crippen LogP contribution in [0.25, 0.3) is 0 Å². The lowest BCUT2D eigenvalue weighted by molar-refractivity contribution is 0.0222. The fourth-order valence-electron chi connectivity index (χ4n) is 2.12. The highest BCUT2D eigenvalue weighted by atomic mass is 19.1. The van der Waals surface area contributed by atoms with Crippen LogP contribution in [0.5, 0.6) is 0 Å². The minimum atomic E-state index is -0.545. The fraction of sp³-hybridized carbons (Fsp3) is 0.500. The molecule has 4 nitrogen and oxygen atoms in total. The Kier molecular flexibility index (Phi) is 3.39. The topological polar surface area (TPSA) is 55.6 Å². The standard InChI is InChI=1S/C14H19FN2O2/c1-14(2,3)19-13(18)17-5-4-9-6-10(16)7-12(15)11(9)8-17/h6-7H,4-5,8,16H2,1-3H3. The predicted octanol–water partition coefficient (Wildman–Crippen LogP) is 2.70. The quantitative estimate of drug-likeness (QED) is 0.734. The number of halogens is 1. The summed E-state index contributed by atoms with van der Waals surface area (Å²) in [6.07, 6.45) is 0.186. The van der Waals surface area contributed by atoms with Gasteiger partial charge in [-0.3, -0.25) is 0 Å². The highest BCUT2D eigenvalue weighted by Crippen LogP contribution is 2.25. The van der Waals surface area contributed by atoms with E-state index in [2.05, 4.69) is 0 Å². The molecule has 1 aliphatic heterocycles. The lowest BCUT2D eigenvalue weighted by Crippen LogP contribution is -2.40. The number of nitrogen functional groups attached to an aromatic ring is 1. The van der Waals surface area contributed by atoms with Crippen molar-refractivity contribution in [3.63, 3.8) is 0 Å². The van der Waals surface area contributed by atoms with Crippen molar-refractivity contribution in [2.45, 2.75) is 39.3 Å². The zero-order chi connectivity index (χ0) is 14.2. The van der Waals surface area contributed by atoms with Gasteiger partial charge in [0.05, 0.1) is 6.54 Å². The van der Waals surface area contributed by atoms with Gasteiger partial charge in [0.1, 0.15) is 11.4 Å². The molecule has 104 valence electrons. The molecule has 0 atom stereocenters. The summed E-state index contributed by atoms with van der Waals surface area (Å²) in [7, 11) is 0. The molecule has 0 bridgehead atoms. The van der Waals surface area contributed by atoms with Crippen molar-refractivity contribution in [3.8, 4) is 0 Å². The third kappa shape index (κ3) is 3.16. The zero-order valence-corrected chi connectivity index (χ0v) is 11.5. The number of nitrogens with two attached hydrogens (primary N) is 1. The molecule has 1 aliphatic rings. The number of amides is 1. The van der Waals surface area contributed by atoms with Gasteiger partial charge in [-0.25, -0.2) is 9.18 Å². The van der Waals surface area contributed by atoms with Gasteiger partial charge in [-0.05, 0) is 44.9 Å². The summed E-state index contributed by atoms with van der Waals surface area (Å²) >= 11 is 0. The number of benzene rings is 1. The lowest BCUT2D eigenvalue weighted by atomic mass is 9.99. The maximum absolute atomic E-state index is 13.8. The summed E-state index contributed by atoms with van der Waals surface area (Å²) in [5.41, 5.74) is 6.90. The molecule has 0 radical (unpaired) electrons. The Morgan fingerprint density at radius 2 is 2.11 bits per heavy atom. The maximum Gasteiger partial charge on any atom is 0.410 e. The van der Waals surface area contributed by atoms with Gasteiger partial charge in [-0.2, -0.15) is 0 Å². The van der Waals surface area contributed by atoms with Crippen LogP contribution in [-0.2, 0) is 17.7 Å². The first kappa shape index (κ1) is 13.6. The van der Waals surface area contributed by atoms with Crippen LogP contribution in [0, 0.1) is 5.82 Å². The van der Waals surface area contributed by atoms with Gasteiger partial charge in [0, 0.05) is 17.8 Å². The molecule has 1 heterocycles. The average Bonchev–Trinajstić information content (AvgIpc) is 2.25. The lowest BCUT2D eigenvalue weighted by Gasteiger charge is -2.31. The first-order valence-corrected chi connectivity index (χ1v) is 6.31. The van der Waals surface area contributed by atoms with Gasteiger partial charge >= 0.3 is 6.09 Å². The maximum atomic E-state index is 13.8. The number of carbonyl (C=O) groups excluding carboxylic acids is 1. The van der Waals surface area contributed by atoms with Gasteiger partial charge in [0.2, 0.25) is 0 Å². The minimum Gasteiger partial charge on any atom is -0.444 e. The van der Waals surface area contributed by atoms with Crippen LogP contribution in [0.3, 0.4) is 0 Å². The van der Waals surface area contributed by atoms with E-state index in [0.717, 1.165) is 5.56 Å². The summed E-state index contributed by atoms with van der Waals surface area (Å²) in [4.78, 5) is 13.5. The molecule has 0 unspecified atom stereocenters. The number of fused-ring (bicyclic) bond motifs is 1. The molecule has 2 N–H and O–H groups in total. The van der Waals surface area contributed by atoms with Crippen LogP contribution in [0.15, 0.2) is 12.1 Å². The Morgan fingerprint density at radius 3 is 2.74 bits per heavy atom. The van der Waals surface area contributed by atoms with E-state index in [1.165, 1.54) is 11.0 Å². The second kappa shape index (κ2) is 4.72. The second-order valence-corrected chi connectivity index (χ2v) is 5.79. The van der Waals surface area contributed by atoms with Gasteiger partial charge in [-0.1, -0.05) is 0 Å². The normalized spacial score (nSPS) is 15.1. The molecule has 1 amide bonds. The monoisotopic (exact) mass is 266 g/mol. The summed E-state index contributed by atoms with van der Waals surface area (Å²) in [6, 6.07) is 3.06. The molecule has 5 heteroatoms. The number of rotatable bonds is 0. The largest absolute Gasteiger partial charge is 0.444 e. The van der Waals surface area contributed by atoms with Gasteiger partial charge in [0.15, 0.2) is 0 Å². The summed E-state index contributed by atoms with van der Waals surface area (Å²) in [5.74, 6) is -0.358. The second-order valence-electron chi connectivity index (χ2n) is 5.79. The molecule has 0 aromatic heterocycles. The number of carbonyl (C=O) groups is 1. The van der Waals surface area contributed by atoms with Gasteiger partial charge < -0.3 is 15.4 Å². The average molecular weight is 266 g/mol. The predicted molar refractivity (Wildman–Crippen MR) is 71.2 cm³/mol. The van der Waals surface area contributed by atoms with E-state index in [1.54, 1.807) is 6.07 Å². The Hall–Kier alpha value is -1.78. The third-order valence-corrected chi connectivity index (χ3v) is 2.96. The van der Waals surface area contributed by atoms with E-state index in [0.29, 0.717) is 24.2 Å². The van der Waals surface area contributed by atoms with Crippen LogP contribution >= 0.6 is 0 Å². The number of anilines is 1. The van der Waals surface area contributed by atoms with E-state index in [9.17, 15) is 9.18 Å². The van der Waals surface area contributed by atoms with E-state index in [4.69, 9.17) is 10.5 Å². The summed E-state index contributed by atoms with van der Waals surface area (Å²) < 4.78 is 19.1. The first-order valence-electron chi connectivity index (χ1n) is 6.31. The van der Waals surface area contributed by atoms with Crippen LogP contribution in [-0.4, -0.2) is 23.1 Å². The van der Waals surface area contributed by atoms with E-state index in [1.807, 2.05) is 20.8 Å². The summed E-state index contributed by atoms with van der Waals surface area (Å²) in [6.45, 7) is 6.18. The van der Waals surface area contributed by atoms with Crippen molar-refractivity contribution in [3.05, 3.63) is 29.1 Å². The number of nitrogens with zero attached hydrogens (tertiary/aromatic N) is 1.